The number of nitrogens with zero attached hydrogens (tertiary/aromatic N) is 1. The first-order valence-electron chi connectivity index (χ1n) is 9.71. The maximum absolute atomic E-state index is 12.4. The van der Waals surface area contributed by atoms with Crippen LogP contribution in [0.1, 0.15) is 36.2 Å². The summed E-state index contributed by atoms with van der Waals surface area (Å²) in [5.41, 5.74) is 2.17. The number of aryl methyl sites for hydroxylation is 1. The van der Waals surface area contributed by atoms with E-state index in [-0.39, 0.29) is 11.9 Å². The van der Waals surface area contributed by atoms with Gasteiger partial charge in [-0.05, 0) is 56.2 Å². The fourth-order valence-electron chi connectivity index (χ4n) is 2.90. The number of ether oxygens (including phenoxy) is 3. The molecule has 1 amide bonds. The minimum atomic E-state index is -0.371. The number of nitrogens with one attached hydrogen (secondary N) is 1. The van der Waals surface area contributed by atoms with Gasteiger partial charge >= 0.3 is 5.97 Å². The van der Waals surface area contributed by atoms with Crippen LogP contribution in [0, 0.1) is 0 Å². The Kier molecular flexibility index (Phi) is 7.24. The average Bonchev–Trinajstić information content (AvgIpc) is 3.14. The van der Waals surface area contributed by atoms with E-state index >= 15 is 0 Å². The largest absolute Gasteiger partial charge is 0.493 e. The van der Waals surface area contributed by atoms with E-state index in [1.54, 1.807) is 32.2 Å². The average molecular weight is 429 g/mol. The van der Waals surface area contributed by atoms with Crippen LogP contribution in [0.25, 0.3) is 10.2 Å². The highest BCUT2D eigenvalue weighted by atomic mass is 32.1. The first kappa shape index (κ1) is 21.6. The highest BCUT2D eigenvalue weighted by molar-refractivity contribution is 7.22. The molecule has 0 aliphatic heterocycles. The summed E-state index contributed by atoms with van der Waals surface area (Å²) in [6.45, 7) is 4.56. The Morgan fingerprint density at radius 3 is 2.63 bits per heavy atom. The number of aromatic nitrogens is 1. The van der Waals surface area contributed by atoms with E-state index in [9.17, 15) is 9.59 Å². The lowest BCUT2D eigenvalue weighted by Crippen LogP contribution is -2.12. The van der Waals surface area contributed by atoms with Gasteiger partial charge in [-0.1, -0.05) is 17.4 Å². The SMILES string of the molecule is CCOC(=O)c1ccc2nc(NC(=O)CCc3ccc(OCC)c(OC)c3)sc2c1. The molecule has 0 unspecified atom stereocenters. The topological polar surface area (TPSA) is 86.8 Å². The Labute approximate surface area is 179 Å². The predicted octanol–water partition coefficient (Wildman–Crippen LogP) is 4.45. The molecular formula is C22H24N2O5S. The third-order valence-corrected chi connectivity index (χ3v) is 5.25. The predicted molar refractivity (Wildman–Crippen MR) is 117 cm³/mol. The number of hydrogen-bond acceptors (Lipinski definition) is 7. The Morgan fingerprint density at radius 1 is 1.07 bits per heavy atom. The molecule has 158 valence electrons. The molecule has 0 saturated carbocycles. The number of methoxy groups -OCH3 is 1. The highest BCUT2D eigenvalue weighted by Crippen LogP contribution is 2.29. The zero-order valence-electron chi connectivity index (χ0n) is 17.2. The van der Waals surface area contributed by atoms with Crippen LogP contribution in [0.2, 0.25) is 0 Å². The van der Waals surface area contributed by atoms with Crippen LogP contribution in [-0.4, -0.2) is 37.2 Å². The second kappa shape index (κ2) is 10.1. The second-order valence-electron chi connectivity index (χ2n) is 6.39. The number of esters is 1. The molecule has 1 heterocycles. The van der Waals surface area contributed by atoms with Gasteiger partial charge in [0.2, 0.25) is 5.91 Å². The Hall–Kier alpha value is -3.13. The van der Waals surface area contributed by atoms with Crippen molar-refractivity contribution in [1.29, 1.82) is 0 Å². The molecule has 1 aromatic heterocycles. The van der Waals surface area contributed by atoms with E-state index in [1.165, 1.54) is 11.3 Å². The van der Waals surface area contributed by atoms with Crippen molar-refractivity contribution >= 4 is 38.6 Å². The van der Waals surface area contributed by atoms with Gasteiger partial charge in [0.1, 0.15) is 0 Å². The van der Waals surface area contributed by atoms with Crippen LogP contribution in [0.3, 0.4) is 0 Å². The van der Waals surface area contributed by atoms with Crippen molar-refractivity contribution in [2.45, 2.75) is 26.7 Å². The van der Waals surface area contributed by atoms with E-state index in [2.05, 4.69) is 10.3 Å². The molecule has 2 aromatic carbocycles. The van der Waals surface area contributed by atoms with Gasteiger partial charge in [0.05, 0.1) is 36.1 Å². The summed E-state index contributed by atoms with van der Waals surface area (Å²) in [5, 5.41) is 3.33. The molecule has 0 saturated heterocycles. The van der Waals surface area contributed by atoms with Gasteiger partial charge in [-0.2, -0.15) is 0 Å². The quantitative estimate of drug-likeness (QED) is 0.507. The van der Waals surface area contributed by atoms with Gasteiger partial charge in [-0.3, -0.25) is 4.79 Å². The minimum absolute atomic E-state index is 0.132. The number of carbonyl (C=O) groups is 2. The first-order chi connectivity index (χ1) is 14.5. The van der Waals surface area contributed by atoms with Crippen LogP contribution in [0.4, 0.5) is 5.13 Å². The van der Waals surface area contributed by atoms with E-state index in [1.807, 2.05) is 25.1 Å². The summed E-state index contributed by atoms with van der Waals surface area (Å²) in [7, 11) is 1.59. The second-order valence-corrected chi connectivity index (χ2v) is 7.42. The smallest absolute Gasteiger partial charge is 0.338 e. The van der Waals surface area contributed by atoms with Crippen molar-refractivity contribution in [3.8, 4) is 11.5 Å². The first-order valence-corrected chi connectivity index (χ1v) is 10.5. The van der Waals surface area contributed by atoms with Crippen molar-refractivity contribution in [1.82, 2.24) is 4.98 Å². The number of amides is 1. The van der Waals surface area contributed by atoms with Gasteiger partial charge in [0, 0.05) is 6.42 Å². The molecule has 1 N–H and O–H groups in total. The summed E-state index contributed by atoms with van der Waals surface area (Å²) >= 11 is 1.32. The molecule has 0 aliphatic rings. The van der Waals surface area contributed by atoms with Crippen molar-refractivity contribution in [2.24, 2.45) is 0 Å². The van der Waals surface area contributed by atoms with E-state index in [0.717, 1.165) is 15.8 Å². The zero-order chi connectivity index (χ0) is 21.5. The number of hydrogen-bond donors (Lipinski definition) is 1. The molecule has 0 spiro atoms. The summed E-state index contributed by atoms with van der Waals surface area (Å²) in [5.74, 6) is 0.833. The number of rotatable bonds is 9. The lowest BCUT2D eigenvalue weighted by molar-refractivity contribution is -0.116. The molecule has 0 atom stereocenters. The molecule has 3 rings (SSSR count). The Bertz CT molecular complexity index is 1050. The summed E-state index contributed by atoms with van der Waals surface area (Å²) in [6, 6.07) is 10.8. The summed E-state index contributed by atoms with van der Waals surface area (Å²) in [6.07, 6.45) is 0.869. The van der Waals surface area contributed by atoms with Crippen LogP contribution in [0.15, 0.2) is 36.4 Å². The third-order valence-electron chi connectivity index (χ3n) is 4.31. The van der Waals surface area contributed by atoms with Crippen molar-refractivity contribution in [2.75, 3.05) is 25.6 Å². The van der Waals surface area contributed by atoms with Crippen LogP contribution in [-0.2, 0) is 16.0 Å². The van der Waals surface area contributed by atoms with E-state index < -0.39 is 0 Å². The molecule has 0 aliphatic carbocycles. The molecule has 7 nitrogen and oxygen atoms in total. The van der Waals surface area contributed by atoms with Crippen LogP contribution >= 0.6 is 11.3 Å². The fourth-order valence-corrected chi connectivity index (χ4v) is 3.82. The number of thiazole rings is 1. The molecule has 0 radical (unpaired) electrons. The number of fused-ring (bicyclic) bond motifs is 1. The molecule has 0 bridgehead atoms. The van der Waals surface area contributed by atoms with Gasteiger partial charge in [-0.15, -0.1) is 0 Å². The van der Waals surface area contributed by atoms with Crippen molar-refractivity contribution in [3.05, 3.63) is 47.5 Å². The van der Waals surface area contributed by atoms with Crippen molar-refractivity contribution < 1.29 is 23.8 Å². The number of benzene rings is 2. The Balaban J connectivity index is 1.62. The van der Waals surface area contributed by atoms with Gasteiger partial charge in [0.15, 0.2) is 16.6 Å². The normalized spacial score (nSPS) is 10.6. The zero-order valence-corrected chi connectivity index (χ0v) is 18.0. The molecule has 3 aromatic rings. The lowest BCUT2D eigenvalue weighted by Gasteiger charge is -2.10. The van der Waals surface area contributed by atoms with Gasteiger partial charge in [0.25, 0.3) is 0 Å². The molecule has 30 heavy (non-hydrogen) atoms. The fraction of sp³-hybridized carbons (Fsp3) is 0.318. The minimum Gasteiger partial charge on any atom is -0.493 e. The monoisotopic (exact) mass is 428 g/mol. The summed E-state index contributed by atoms with van der Waals surface area (Å²) < 4.78 is 16.7. The molecule has 0 fully saturated rings. The maximum atomic E-state index is 12.4. The lowest BCUT2D eigenvalue weighted by atomic mass is 10.1. The molecule has 8 heteroatoms. The van der Waals surface area contributed by atoms with Gasteiger partial charge < -0.3 is 19.5 Å². The number of anilines is 1. The third kappa shape index (κ3) is 5.27. The van der Waals surface area contributed by atoms with Crippen LogP contribution in [0.5, 0.6) is 11.5 Å². The van der Waals surface area contributed by atoms with Gasteiger partial charge in [-0.25, -0.2) is 9.78 Å². The Morgan fingerprint density at radius 2 is 1.90 bits per heavy atom. The van der Waals surface area contributed by atoms with E-state index in [0.29, 0.717) is 48.2 Å². The highest BCUT2D eigenvalue weighted by Gasteiger charge is 2.12. The number of carbonyl (C=O) groups excluding carboxylic acids is 2. The summed E-state index contributed by atoms with van der Waals surface area (Å²) in [4.78, 5) is 28.7. The van der Waals surface area contributed by atoms with E-state index in [4.69, 9.17) is 14.2 Å². The van der Waals surface area contributed by atoms with Crippen molar-refractivity contribution in [3.63, 3.8) is 0 Å². The van der Waals surface area contributed by atoms with Crippen LogP contribution < -0.4 is 14.8 Å². The standard InChI is InChI=1S/C22H24N2O5S/c1-4-28-17-10-6-14(12-18(17)27-3)7-11-20(25)24-22-23-16-9-8-15(13-19(16)30-22)21(26)29-5-2/h6,8-10,12-13H,4-5,7,11H2,1-3H3,(H,23,24,25). The maximum Gasteiger partial charge on any atom is 0.338 e. The molecular weight excluding hydrogens is 404 g/mol.